The van der Waals surface area contributed by atoms with Gasteiger partial charge >= 0.3 is 0 Å². The van der Waals surface area contributed by atoms with Crippen molar-refractivity contribution in [2.24, 2.45) is 0 Å². The van der Waals surface area contributed by atoms with Gasteiger partial charge in [-0.1, -0.05) is 224 Å². The van der Waals surface area contributed by atoms with Crippen LogP contribution in [0.25, 0.3) is 109 Å². The molecule has 0 atom stereocenters. The summed E-state index contributed by atoms with van der Waals surface area (Å²) in [6, 6.07) is 80.4. The van der Waals surface area contributed by atoms with Crippen LogP contribution in [0.15, 0.2) is 218 Å². The van der Waals surface area contributed by atoms with Crippen molar-refractivity contribution in [1.82, 2.24) is 0 Å². The van der Waals surface area contributed by atoms with Gasteiger partial charge in [-0.3, -0.25) is 0 Å². The van der Waals surface area contributed by atoms with Gasteiger partial charge in [-0.25, -0.2) is 0 Å². The van der Waals surface area contributed by atoms with Gasteiger partial charge < -0.3 is 0 Å². The summed E-state index contributed by atoms with van der Waals surface area (Å²) < 4.78 is 0. The Morgan fingerprint density at radius 2 is 0.369 bits per heavy atom. The van der Waals surface area contributed by atoms with Gasteiger partial charge in [-0.2, -0.15) is 0 Å². The maximum absolute atomic E-state index is 2.37. The Bertz CT molecular complexity index is 3360. The highest BCUT2D eigenvalue weighted by molar-refractivity contribution is 6.27. The number of hydrogen-bond donors (Lipinski definition) is 0. The molecule has 0 amide bonds. The second-order valence-corrected chi connectivity index (χ2v) is 17.6. The van der Waals surface area contributed by atoms with Crippen LogP contribution < -0.4 is 0 Å². The van der Waals surface area contributed by atoms with Gasteiger partial charge in [0.25, 0.3) is 0 Å². The molecule has 0 unspecified atom stereocenters. The fourth-order valence-electron chi connectivity index (χ4n) is 9.93. The van der Waals surface area contributed by atoms with Crippen molar-refractivity contribution in [2.45, 2.75) is 35.1 Å². The average Bonchev–Trinajstić information content (AvgIpc) is 3.34. The molecular weight excluding hydrogens is 781 g/mol. The number of benzene rings is 12. The van der Waals surface area contributed by atoms with E-state index in [-0.39, 0.29) is 7.43 Å². The molecule has 0 aliphatic heterocycles. The summed E-state index contributed by atoms with van der Waals surface area (Å²) in [4.78, 5) is 0. The highest BCUT2D eigenvalue weighted by atomic mass is 14.2. The number of rotatable bonds is 4. The summed E-state index contributed by atoms with van der Waals surface area (Å²) >= 11 is 0. The van der Waals surface area contributed by atoms with Crippen LogP contribution in [0, 0.1) is 27.7 Å². The number of aryl methyl sites for hydroxylation is 4. The predicted octanol–water partition coefficient (Wildman–Crippen LogP) is 18.8. The summed E-state index contributed by atoms with van der Waals surface area (Å²) in [5, 5.41) is 15.7. The standard InChI is InChI=1S/2C32H24.CH4/c2*1-21-7-5-9-23(17-21)25-13-15-29-27-11-3-4-12-28(27)31-19-26(14-16-30(31)32(29)20-25)24-10-6-8-22(2)18-24;/h2*3-20H,1-2H3;1H4. The van der Waals surface area contributed by atoms with Crippen LogP contribution in [0.4, 0.5) is 0 Å². The quantitative estimate of drug-likeness (QED) is 0.155. The van der Waals surface area contributed by atoms with Crippen LogP contribution in [0.2, 0.25) is 0 Å². The molecule has 12 aromatic rings. The summed E-state index contributed by atoms with van der Waals surface area (Å²) in [5.41, 5.74) is 15.3. The van der Waals surface area contributed by atoms with E-state index < -0.39 is 0 Å². The molecule has 0 N–H and O–H groups in total. The van der Waals surface area contributed by atoms with Crippen LogP contribution in [0.1, 0.15) is 29.7 Å². The molecule has 0 bridgehead atoms. The zero-order valence-electron chi connectivity index (χ0n) is 36.8. The summed E-state index contributed by atoms with van der Waals surface area (Å²) in [6.07, 6.45) is 0. The Hall–Kier alpha value is -7.80. The third kappa shape index (κ3) is 7.72. The first-order valence-electron chi connectivity index (χ1n) is 22.4. The minimum atomic E-state index is 0. The number of hydrogen-bond acceptors (Lipinski definition) is 0. The molecule has 0 radical (unpaired) electrons. The lowest BCUT2D eigenvalue weighted by atomic mass is 9.90. The van der Waals surface area contributed by atoms with E-state index in [0.717, 1.165) is 0 Å². The molecule has 0 aliphatic rings. The van der Waals surface area contributed by atoms with Gasteiger partial charge in [0, 0.05) is 0 Å². The molecule has 0 aromatic heterocycles. The molecule has 312 valence electrons. The van der Waals surface area contributed by atoms with Gasteiger partial charge in [0.1, 0.15) is 0 Å². The molecule has 0 heterocycles. The second kappa shape index (κ2) is 17.1. The molecule has 0 saturated heterocycles. The summed E-state index contributed by atoms with van der Waals surface area (Å²) in [7, 11) is 0. The van der Waals surface area contributed by atoms with E-state index in [0.29, 0.717) is 0 Å². The average molecular weight is 833 g/mol. The van der Waals surface area contributed by atoms with Crippen molar-refractivity contribution in [2.75, 3.05) is 0 Å². The van der Waals surface area contributed by atoms with Crippen molar-refractivity contribution in [1.29, 1.82) is 0 Å². The van der Waals surface area contributed by atoms with Crippen molar-refractivity contribution >= 4 is 64.6 Å². The molecule has 0 saturated carbocycles. The summed E-state index contributed by atoms with van der Waals surface area (Å²) in [6.45, 7) is 8.61. The smallest absolute Gasteiger partial charge is 0.00928 e. The van der Waals surface area contributed by atoms with Gasteiger partial charge in [-0.15, -0.1) is 0 Å². The van der Waals surface area contributed by atoms with Gasteiger partial charge in [0.2, 0.25) is 0 Å². The second-order valence-electron chi connectivity index (χ2n) is 17.6. The lowest BCUT2D eigenvalue weighted by Crippen LogP contribution is -1.87. The molecule has 0 nitrogen and oxygen atoms in total. The van der Waals surface area contributed by atoms with Gasteiger partial charge in [0.05, 0.1) is 0 Å². The first-order valence-corrected chi connectivity index (χ1v) is 22.4. The predicted molar refractivity (Wildman–Crippen MR) is 285 cm³/mol. The number of fused-ring (bicyclic) bond motifs is 12. The molecule has 0 spiro atoms. The van der Waals surface area contributed by atoms with Crippen molar-refractivity contribution < 1.29 is 0 Å². The molecule has 65 heavy (non-hydrogen) atoms. The van der Waals surface area contributed by atoms with Crippen molar-refractivity contribution in [3.63, 3.8) is 0 Å². The molecule has 12 rings (SSSR count). The Morgan fingerprint density at radius 1 is 0.169 bits per heavy atom. The lowest BCUT2D eigenvalue weighted by Gasteiger charge is -2.14. The maximum atomic E-state index is 2.37. The van der Waals surface area contributed by atoms with Crippen LogP contribution in [0.5, 0.6) is 0 Å². The van der Waals surface area contributed by atoms with E-state index in [4.69, 9.17) is 0 Å². The van der Waals surface area contributed by atoms with E-state index in [1.54, 1.807) is 0 Å². The Labute approximate surface area is 383 Å². The molecular formula is C65H52. The highest BCUT2D eigenvalue weighted by Gasteiger charge is 2.13. The van der Waals surface area contributed by atoms with E-state index in [9.17, 15) is 0 Å². The van der Waals surface area contributed by atoms with Crippen LogP contribution in [-0.2, 0) is 0 Å². The first kappa shape index (κ1) is 41.2. The van der Waals surface area contributed by atoms with E-state index in [2.05, 4.69) is 246 Å². The maximum Gasteiger partial charge on any atom is -0.00928 e. The van der Waals surface area contributed by atoms with E-state index in [1.165, 1.54) is 131 Å². The van der Waals surface area contributed by atoms with Gasteiger partial charge in [0.15, 0.2) is 0 Å². The van der Waals surface area contributed by atoms with Gasteiger partial charge in [-0.05, 0) is 161 Å². The van der Waals surface area contributed by atoms with Crippen molar-refractivity contribution in [3.05, 3.63) is 241 Å². The van der Waals surface area contributed by atoms with Crippen LogP contribution >= 0.6 is 0 Å². The third-order valence-corrected chi connectivity index (χ3v) is 13.1. The highest BCUT2D eigenvalue weighted by Crippen LogP contribution is 2.41. The first-order chi connectivity index (χ1) is 31.3. The largest absolute Gasteiger partial charge is 0.0776 e. The van der Waals surface area contributed by atoms with E-state index >= 15 is 0 Å². The SMILES string of the molecule is C.Cc1cccc(-c2ccc3c(c2)c2ccccc2c2ccc(-c4cccc(C)c4)cc23)c1.Cc1cccc(-c2ccc3c(c2)c2ccccc2c2ccc(-c4cccc(C)c4)cc23)c1. The molecule has 0 fully saturated rings. The Kier molecular flexibility index (Phi) is 10.8. The lowest BCUT2D eigenvalue weighted by molar-refractivity contribution is 1.47. The minimum absolute atomic E-state index is 0. The normalized spacial score (nSPS) is 11.3. The fraction of sp³-hybridized carbons (Fsp3) is 0.0769. The molecule has 0 heteroatoms. The zero-order valence-corrected chi connectivity index (χ0v) is 36.8. The van der Waals surface area contributed by atoms with Crippen LogP contribution in [0.3, 0.4) is 0 Å². The van der Waals surface area contributed by atoms with E-state index in [1.807, 2.05) is 0 Å². The Balaban J connectivity index is 0.000000151. The third-order valence-electron chi connectivity index (χ3n) is 13.1. The monoisotopic (exact) mass is 832 g/mol. The van der Waals surface area contributed by atoms with Crippen LogP contribution in [-0.4, -0.2) is 0 Å². The minimum Gasteiger partial charge on any atom is -0.0776 e. The zero-order chi connectivity index (χ0) is 43.3. The summed E-state index contributed by atoms with van der Waals surface area (Å²) in [5.74, 6) is 0. The van der Waals surface area contributed by atoms with Crippen molar-refractivity contribution in [3.8, 4) is 44.5 Å². The topological polar surface area (TPSA) is 0 Å². The Morgan fingerprint density at radius 3 is 0.615 bits per heavy atom. The molecule has 12 aromatic carbocycles. The molecule has 0 aliphatic carbocycles. The fourth-order valence-corrected chi connectivity index (χ4v) is 9.93.